The molecule has 13 N–H and O–H groups in total. The summed E-state index contributed by atoms with van der Waals surface area (Å²) in [6.45, 7) is 4.88. The number of hydrogen-bond acceptors (Lipinski definition) is 13. The van der Waals surface area contributed by atoms with Crippen molar-refractivity contribution in [1.29, 1.82) is 0 Å². The van der Waals surface area contributed by atoms with Gasteiger partial charge in [-0.05, 0) is 171 Å². The lowest BCUT2D eigenvalue weighted by molar-refractivity contribution is -0.140. The van der Waals surface area contributed by atoms with Crippen LogP contribution in [0.2, 0.25) is 0 Å². The van der Waals surface area contributed by atoms with E-state index in [0.29, 0.717) is 77.5 Å². The molecule has 0 spiro atoms. The van der Waals surface area contributed by atoms with Crippen molar-refractivity contribution < 1.29 is 65.8 Å². The zero-order valence-corrected chi connectivity index (χ0v) is 46.2. The number of carbonyl (C=O) groups is 2. The number of unbranched alkanes of at least 4 members (excludes halogenated alkanes) is 1. The van der Waals surface area contributed by atoms with Crippen molar-refractivity contribution in [2.24, 2.45) is 17.8 Å². The lowest BCUT2D eigenvalue weighted by Crippen LogP contribution is -2.68. The number of aliphatic carboxylic acids is 2. The molecule has 15 heteroatoms. The van der Waals surface area contributed by atoms with Gasteiger partial charge < -0.3 is 66.8 Å². The van der Waals surface area contributed by atoms with Crippen LogP contribution < -0.4 is 10.6 Å². The number of rotatable bonds is 18. The molecule has 8 rings (SSSR count). The number of aliphatic hydroxyl groups excluding tert-OH is 7. The Balaban J connectivity index is 1.59. The quantitative estimate of drug-likeness (QED) is 0.0650. The summed E-state index contributed by atoms with van der Waals surface area (Å²) in [7, 11) is 0. The molecule has 0 radical (unpaired) electrons. The predicted octanol–water partition coefficient (Wildman–Crippen LogP) is 6.01. The van der Waals surface area contributed by atoms with Gasteiger partial charge in [0, 0.05) is 49.1 Å². The van der Waals surface area contributed by atoms with Crippen LogP contribution in [0.15, 0.2) is 90.0 Å². The lowest BCUT2D eigenvalue weighted by Gasteiger charge is -2.54. The number of aliphatic hydroxyl groups is 8. The highest BCUT2D eigenvalue weighted by atomic mass is 16.4. The van der Waals surface area contributed by atoms with Crippen LogP contribution in [-0.2, 0) is 35.3 Å². The van der Waals surface area contributed by atoms with Crippen LogP contribution in [0.3, 0.4) is 0 Å². The third kappa shape index (κ3) is 15.2. The van der Waals surface area contributed by atoms with Crippen LogP contribution in [0.25, 0.3) is 6.08 Å². The summed E-state index contributed by atoms with van der Waals surface area (Å²) in [6.07, 6.45) is 4.71. The van der Waals surface area contributed by atoms with Crippen LogP contribution in [-0.4, -0.2) is 141 Å². The molecule has 79 heavy (non-hydrogen) atoms. The second-order valence-electron chi connectivity index (χ2n) is 23.2. The number of carboxylic acids is 2. The fourth-order valence-electron chi connectivity index (χ4n) is 13.4. The van der Waals surface area contributed by atoms with E-state index in [0.717, 1.165) is 17.5 Å². The van der Waals surface area contributed by atoms with Crippen LogP contribution in [0.5, 0.6) is 5.75 Å². The summed E-state index contributed by atoms with van der Waals surface area (Å²) in [4.78, 5) is 25.2. The van der Waals surface area contributed by atoms with E-state index < -0.39 is 96.0 Å². The van der Waals surface area contributed by atoms with Crippen molar-refractivity contribution in [3.05, 3.63) is 129 Å². The largest absolute Gasteiger partial charge is 0.508 e. The highest BCUT2D eigenvalue weighted by Gasteiger charge is 2.55. The minimum absolute atomic E-state index is 0.0203. The van der Waals surface area contributed by atoms with Gasteiger partial charge in [-0.2, -0.15) is 0 Å². The van der Waals surface area contributed by atoms with Gasteiger partial charge in [0.1, 0.15) is 5.75 Å². The monoisotopic (exact) mass is 1090 g/mol. The van der Waals surface area contributed by atoms with Crippen molar-refractivity contribution in [2.45, 2.75) is 196 Å². The number of aryl methyl sites for hydroxylation is 2. The average Bonchev–Trinajstić information content (AvgIpc) is 3.74. The normalized spacial score (nSPS) is 29.5. The standard InChI is InChI=1S/C64H86N2O13/c1-4-5-12-55(71)56(72)26-20-43-17-16-42-10-7-6-9-41(42)11-8-30-64(63(3,79)61-44(29-31-67)18-19-47-33-48(69)22-24-50(47)61)37-40-14-15-46(45(32-40)21-28-59(75)76)34-58(74)51-23-13-39(2)65-62(53(51)36-60(77)78)57(73)27-25-54(66-64)52(43)35-49(70)38-68/h6-7,9-10,14-15,18-20,22,24,26,32-33,39,44,49,51,53-58,61-62,65-74,79H,4-5,12-13,16-17,21,23,25,27-31,34-38H2,1-3H3,(H,75,76)(H,77,78)/b26-20+,52-43+/t39-,44+,49+,51-,53-,54-,55+,56-,57-,58-,61+,62-,63+,64-/m1/s1. The third-order valence-electron chi connectivity index (χ3n) is 17.7. The number of benzene rings is 3. The third-order valence-corrected chi connectivity index (χ3v) is 17.7. The van der Waals surface area contributed by atoms with Crippen LogP contribution in [0.4, 0.5) is 0 Å². The fraction of sp³-hybridized carbons (Fsp3) is 0.562. The molecule has 4 aliphatic heterocycles. The van der Waals surface area contributed by atoms with Gasteiger partial charge in [0.15, 0.2) is 0 Å². The van der Waals surface area contributed by atoms with Crippen molar-refractivity contribution in [2.75, 3.05) is 13.2 Å². The van der Waals surface area contributed by atoms with Crippen LogP contribution in [0.1, 0.15) is 149 Å². The van der Waals surface area contributed by atoms with Gasteiger partial charge in [0.25, 0.3) is 0 Å². The van der Waals surface area contributed by atoms with E-state index in [1.807, 2.05) is 68.5 Å². The van der Waals surface area contributed by atoms with Gasteiger partial charge in [-0.1, -0.05) is 98.4 Å². The molecule has 3 aromatic rings. The zero-order chi connectivity index (χ0) is 57.0. The predicted molar refractivity (Wildman–Crippen MR) is 303 cm³/mol. The minimum Gasteiger partial charge on any atom is -0.508 e. The van der Waals surface area contributed by atoms with Crippen LogP contribution in [0, 0.1) is 29.6 Å². The maximum atomic E-state index is 14.4. The molecular formula is C64H86N2O13. The van der Waals surface area contributed by atoms with Crippen molar-refractivity contribution in [1.82, 2.24) is 10.6 Å². The van der Waals surface area contributed by atoms with Gasteiger partial charge >= 0.3 is 11.9 Å². The average molecular weight is 1090 g/mol. The maximum absolute atomic E-state index is 14.4. The van der Waals surface area contributed by atoms with E-state index >= 15 is 0 Å². The number of carboxylic acid groups (broad SMARTS) is 2. The molecule has 3 aromatic carbocycles. The molecule has 1 fully saturated rings. The second-order valence-corrected chi connectivity index (χ2v) is 23.2. The van der Waals surface area contributed by atoms with Gasteiger partial charge in [-0.25, -0.2) is 0 Å². The van der Waals surface area contributed by atoms with E-state index in [1.54, 1.807) is 37.3 Å². The highest BCUT2D eigenvalue weighted by Crippen LogP contribution is 2.50. The summed E-state index contributed by atoms with van der Waals surface area (Å²) >= 11 is 0. The first-order chi connectivity index (χ1) is 37.8. The van der Waals surface area contributed by atoms with Crippen molar-refractivity contribution >= 4 is 18.0 Å². The summed E-state index contributed by atoms with van der Waals surface area (Å²) in [5.41, 5.74) is 2.81. The summed E-state index contributed by atoms with van der Waals surface area (Å²) in [6, 6.07) is 16.5. The Kier molecular flexibility index (Phi) is 21.7. The van der Waals surface area contributed by atoms with E-state index in [2.05, 4.69) is 22.5 Å². The van der Waals surface area contributed by atoms with Crippen molar-refractivity contribution in [3.63, 3.8) is 0 Å². The van der Waals surface area contributed by atoms with Crippen molar-refractivity contribution in [3.8, 4) is 17.6 Å². The molecule has 4 heterocycles. The Labute approximate surface area is 465 Å². The number of phenolic OH excluding ortho intramolecular Hbond substituents is 1. The summed E-state index contributed by atoms with van der Waals surface area (Å²) in [5.74, 6) is 2.30. The first-order valence-electron chi connectivity index (χ1n) is 28.7. The number of nitrogens with one attached hydrogen (secondary N) is 2. The first kappa shape index (κ1) is 61.4. The number of phenols is 1. The smallest absolute Gasteiger partial charge is 0.303 e. The molecule has 1 saturated heterocycles. The summed E-state index contributed by atoms with van der Waals surface area (Å²) in [5, 5.41) is 135. The lowest BCUT2D eigenvalue weighted by atomic mass is 9.59. The Hall–Kier alpha value is -5.22. The van der Waals surface area contributed by atoms with Gasteiger partial charge in [0.2, 0.25) is 0 Å². The fourth-order valence-corrected chi connectivity index (χ4v) is 13.4. The molecule has 15 nitrogen and oxygen atoms in total. The topological polar surface area (TPSA) is 281 Å². The highest BCUT2D eigenvalue weighted by molar-refractivity contribution is 5.68. The molecule has 0 aromatic heterocycles. The van der Waals surface area contributed by atoms with Gasteiger partial charge in [-0.15, -0.1) is 0 Å². The van der Waals surface area contributed by atoms with Crippen LogP contribution >= 0.6 is 0 Å². The Morgan fingerprint density at radius 2 is 1.72 bits per heavy atom. The van der Waals surface area contributed by atoms with Gasteiger partial charge in [0.05, 0.1) is 54.7 Å². The molecule has 0 amide bonds. The van der Waals surface area contributed by atoms with E-state index in [1.165, 1.54) is 0 Å². The molecule has 0 saturated carbocycles. The van der Waals surface area contributed by atoms with E-state index in [-0.39, 0.29) is 82.6 Å². The maximum Gasteiger partial charge on any atom is 0.303 e. The molecule has 1 aliphatic carbocycles. The molecule has 5 aliphatic rings. The molecule has 430 valence electrons. The first-order valence-corrected chi connectivity index (χ1v) is 28.7. The zero-order valence-electron chi connectivity index (χ0n) is 46.2. The number of hydrogen-bond donors (Lipinski definition) is 13. The SMILES string of the molecule is CCCC[C@H](O)[C@H](O)/C=C/C1=C(\C[C@H](O)CO)[C@H]2CC[C@@H](O)[C@@H]3N[C@H](C)CC[C@H]([C@H]3CC(=O)O)[C@H](O)Cc3ccc(cc3CCC(=O)O)C[C@@]([C@@](C)(O)[C@@H]3c4ccc(O)cc4C=C[C@H]3CCO)(CC#Cc3ccccc3CC1)N2. The summed E-state index contributed by atoms with van der Waals surface area (Å²) < 4.78 is 0. The molecule has 0 unspecified atom stereocenters. The number of allylic oxidation sites excluding steroid dienone is 3. The Morgan fingerprint density at radius 1 is 0.937 bits per heavy atom. The number of fused-ring (bicyclic) bond motifs is 7. The van der Waals surface area contributed by atoms with E-state index in [9.17, 15) is 65.8 Å². The second kappa shape index (κ2) is 28.0. The van der Waals surface area contributed by atoms with E-state index in [4.69, 9.17) is 0 Å². The Bertz CT molecular complexity index is 2710. The Morgan fingerprint density at radius 3 is 2.46 bits per heavy atom. The molecule has 14 atom stereocenters. The number of aromatic hydroxyl groups is 1. The molecule has 6 bridgehead atoms. The minimum atomic E-state index is -1.88. The van der Waals surface area contributed by atoms with Gasteiger partial charge in [-0.3, -0.25) is 9.59 Å². The molecular weight excluding hydrogens is 1000 g/mol.